The Morgan fingerprint density at radius 2 is 1.80 bits per heavy atom. The van der Waals surface area contributed by atoms with E-state index in [4.69, 9.17) is 9.29 Å². The molecule has 0 aromatic rings. The fourth-order valence-electron chi connectivity index (χ4n) is 2.18. The van der Waals surface area contributed by atoms with E-state index in [1.54, 1.807) is 0 Å². The van der Waals surface area contributed by atoms with Crippen molar-refractivity contribution < 1.29 is 27.0 Å². The number of hydrogen-bond donors (Lipinski definition) is 1. The van der Waals surface area contributed by atoms with Crippen LogP contribution in [-0.4, -0.2) is 62.0 Å². The van der Waals surface area contributed by atoms with Crippen molar-refractivity contribution in [2.45, 2.75) is 26.7 Å². The van der Waals surface area contributed by atoms with Crippen LogP contribution < -0.4 is 0 Å². The number of rotatable bonds is 11. The fourth-order valence-corrected chi connectivity index (χ4v) is 2.68. The molecule has 0 bridgehead atoms. The van der Waals surface area contributed by atoms with Gasteiger partial charge in [0, 0.05) is 18.9 Å². The highest BCUT2D eigenvalue weighted by Crippen LogP contribution is 2.10. The lowest BCUT2D eigenvalue weighted by Gasteiger charge is -2.37. The van der Waals surface area contributed by atoms with E-state index < -0.39 is 16.1 Å². The summed E-state index contributed by atoms with van der Waals surface area (Å²) in [6.07, 6.45) is 2.27. The molecule has 0 atom stereocenters. The van der Waals surface area contributed by atoms with Gasteiger partial charge in [0.15, 0.2) is 0 Å². The highest BCUT2D eigenvalue weighted by molar-refractivity contribution is 7.85. The molecule has 0 aromatic heterocycles. The smallest absolute Gasteiger partial charge is 0.330 e. The van der Waals surface area contributed by atoms with E-state index in [2.05, 4.69) is 6.58 Å². The molecule has 0 heterocycles. The van der Waals surface area contributed by atoms with E-state index in [0.29, 0.717) is 26.0 Å². The number of esters is 1. The first kappa shape index (κ1) is 19.1. The Balaban J connectivity index is 4.23. The molecule has 0 radical (unpaired) electrons. The second-order valence-electron chi connectivity index (χ2n) is 4.79. The van der Waals surface area contributed by atoms with E-state index in [1.165, 1.54) is 0 Å². The molecule has 20 heavy (non-hydrogen) atoms. The molecule has 7 heteroatoms. The third-order valence-corrected chi connectivity index (χ3v) is 4.37. The van der Waals surface area contributed by atoms with Crippen molar-refractivity contribution in [2.75, 3.05) is 38.5 Å². The summed E-state index contributed by atoms with van der Waals surface area (Å²) in [5, 5.41) is 0. The number of carbonyl (C=O) groups is 1. The molecule has 6 nitrogen and oxygen atoms in total. The van der Waals surface area contributed by atoms with Crippen LogP contribution in [0.1, 0.15) is 26.7 Å². The number of ether oxygens (including phenoxy) is 1. The molecule has 0 aliphatic heterocycles. The zero-order valence-electron chi connectivity index (χ0n) is 12.4. The number of nitrogens with zero attached hydrogens (tertiary/aromatic N) is 1. The van der Waals surface area contributed by atoms with E-state index in [9.17, 15) is 13.2 Å². The standard InChI is InChI=1S/C13H25NO5S/c1-4-13(15)19-11-7-9-14(5-2,6-3)10-8-12-20(16,17)18/h4H,1,5-12H2,2-3H3/p+1. The third kappa shape index (κ3) is 8.29. The van der Waals surface area contributed by atoms with Crippen LogP contribution in [0.4, 0.5) is 0 Å². The van der Waals surface area contributed by atoms with Crippen molar-refractivity contribution in [3.8, 4) is 0 Å². The summed E-state index contributed by atoms with van der Waals surface area (Å²) >= 11 is 0. The number of quaternary nitrogens is 1. The number of hydrogen-bond acceptors (Lipinski definition) is 4. The van der Waals surface area contributed by atoms with Gasteiger partial charge in [-0.25, -0.2) is 4.79 Å². The molecule has 0 spiro atoms. The zero-order chi connectivity index (χ0) is 15.6. The van der Waals surface area contributed by atoms with Crippen LogP contribution in [0.15, 0.2) is 12.7 Å². The van der Waals surface area contributed by atoms with Crippen LogP contribution >= 0.6 is 0 Å². The van der Waals surface area contributed by atoms with E-state index in [0.717, 1.165) is 30.2 Å². The van der Waals surface area contributed by atoms with Gasteiger partial charge in [-0.15, -0.1) is 0 Å². The van der Waals surface area contributed by atoms with Gasteiger partial charge in [-0.3, -0.25) is 4.55 Å². The zero-order valence-corrected chi connectivity index (χ0v) is 13.2. The Bertz CT molecular complexity index is 401. The van der Waals surface area contributed by atoms with E-state index in [-0.39, 0.29) is 5.75 Å². The van der Waals surface area contributed by atoms with Gasteiger partial charge in [-0.05, 0) is 13.8 Å². The van der Waals surface area contributed by atoms with E-state index >= 15 is 0 Å². The highest BCUT2D eigenvalue weighted by atomic mass is 32.2. The topological polar surface area (TPSA) is 80.7 Å². The average molecular weight is 308 g/mol. The maximum Gasteiger partial charge on any atom is 0.330 e. The quantitative estimate of drug-likeness (QED) is 0.204. The van der Waals surface area contributed by atoms with Crippen LogP contribution in [0, 0.1) is 0 Å². The first-order valence-corrected chi connectivity index (χ1v) is 8.49. The van der Waals surface area contributed by atoms with Crippen molar-refractivity contribution in [1.82, 2.24) is 0 Å². The van der Waals surface area contributed by atoms with Gasteiger partial charge in [0.05, 0.1) is 38.5 Å². The van der Waals surface area contributed by atoms with Gasteiger partial charge in [0.1, 0.15) is 0 Å². The van der Waals surface area contributed by atoms with Crippen molar-refractivity contribution >= 4 is 16.1 Å². The van der Waals surface area contributed by atoms with Crippen LogP contribution in [0.25, 0.3) is 0 Å². The Kier molecular flexibility index (Phi) is 8.68. The Morgan fingerprint density at radius 1 is 1.25 bits per heavy atom. The summed E-state index contributed by atoms with van der Waals surface area (Å²) in [7, 11) is -3.89. The minimum atomic E-state index is -3.89. The summed E-state index contributed by atoms with van der Waals surface area (Å²) in [5.74, 6) is -0.638. The molecular formula is C13H26NO5S+. The molecule has 0 saturated carbocycles. The molecule has 118 valence electrons. The van der Waals surface area contributed by atoms with Crippen molar-refractivity contribution in [3.63, 3.8) is 0 Å². The predicted molar refractivity (Wildman–Crippen MR) is 77.9 cm³/mol. The third-order valence-electron chi connectivity index (χ3n) is 3.56. The molecule has 1 N–H and O–H groups in total. The van der Waals surface area contributed by atoms with E-state index in [1.807, 2.05) is 13.8 Å². The Hall–Kier alpha value is -0.920. The average Bonchev–Trinajstić information content (AvgIpc) is 2.40. The van der Waals surface area contributed by atoms with Crippen molar-refractivity contribution in [2.24, 2.45) is 0 Å². The molecular weight excluding hydrogens is 282 g/mol. The predicted octanol–water partition coefficient (Wildman–Crippen LogP) is 1.24. The summed E-state index contributed by atoms with van der Waals surface area (Å²) in [6.45, 7) is 11.0. The minimum absolute atomic E-state index is 0.210. The van der Waals surface area contributed by atoms with Crippen LogP contribution in [0.3, 0.4) is 0 Å². The molecule has 0 aliphatic rings. The molecule has 0 saturated heterocycles. The molecule has 0 fully saturated rings. The summed E-state index contributed by atoms with van der Waals surface area (Å²) < 4.78 is 35.9. The van der Waals surface area contributed by atoms with Crippen LogP contribution in [-0.2, 0) is 19.6 Å². The van der Waals surface area contributed by atoms with Gasteiger partial charge >= 0.3 is 5.97 Å². The monoisotopic (exact) mass is 308 g/mol. The maximum atomic E-state index is 10.9. The van der Waals surface area contributed by atoms with Gasteiger partial charge in [0.2, 0.25) is 0 Å². The first-order valence-electron chi connectivity index (χ1n) is 6.88. The Labute approximate surface area is 121 Å². The summed E-state index contributed by atoms with van der Waals surface area (Å²) in [6, 6.07) is 0. The highest BCUT2D eigenvalue weighted by Gasteiger charge is 2.23. The summed E-state index contributed by atoms with van der Waals surface area (Å²) in [5.41, 5.74) is 0. The van der Waals surface area contributed by atoms with Gasteiger partial charge in [0.25, 0.3) is 10.1 Å². The van der Waals surface area contributed by atoms with Gasteiger partial charge in [-0.1, -0.05) is 6.58 Å². The first-order chi connectivity index (χ1) is 9.28. The lowest BCUT2D eigenvalue weighted by molar-refractivity contribution is -0.925. The molecule has 0 aliphatic carbocycles. The molecule has 0 amide bonds. The minimum Gasteiger partial charge on any atom is -0.462 e. The molecule has 0 aromatic carbocycles. The van der Waals surface area contributed by atoms with Crippen LogP contribution in [0.2, 0.25) is 0 Å². The summed E-state index contributed by atoms with van der Waals surface area (Å²) in [4.78, 5) is 10.9. The fraction of sp³-hybridized carbons (Fsp3) is 0.769. The SMILES string of the molecule is C=CC(=O)OCCC[N+](CC)(CC)CCCS(=O)(=O)O. The lowest BCUT2D eigenvalue weighted by atomic mass is 10.2. The molecule has 0 unspecified atom stereocenters. The maximum absolute atomic E-state index is 10.9. The second kappa shape index (κ2) is 9.10. The largest absolute Gasteiger partial charge is 0.462 e. The second-order valence-corrected chi connectivity index (χ2v) is 6.36. The lowest BCUT2D eigenvalue weighted by Crippen LogP contribution is -2.49. The van der Waals surface area contributed by atoms with Crippen molar-refractivity contribution in [3.05, 3.63) is 12.7 Å². The Morgan fingerprint density at radius 3 is 2.25 bits per heavy atom. The number of carbonyl (C=O) groups excluding carboxylic acids is 1. The van der Waals surface area contributed by atoms with Crippen LogP contribution in [0.5, 0.6) is 0 Å². The van der Waals surface area contributed by atoms with Gasteiger partial charge < -0.3 is 9.22 Å². The normalized spacial score (nSPS) is 12.2. The van der Waals surface area contributed by atoms with Gasteiger partial charge in [-0.2, -0.15) is 8.42 Å². The van der Waals surface area contributed by atoms with Crippen molar-refractivity contribution in [1.29, 1.82) is 0 Å². The molecule has 0 rings (SSSR count).